The Hall–Kier alpha value is -1.40. The lowest BCUT2D eigenvalue weighted by Gasteiger charge is -2.24. The Morgan fingerprint density at radius 2 is 2.09 bits per heavy atom. The summed E-state index contributed by atoms with van der Waals surface area (Å²) < 4.78 is 0. The molecule has 23 heavy (non-hydrogen) atoms. The van der Waals surface area contributed by atoms with E-state index in [1.807, 2.05) is 0 Å². The van der Waals surface area contributed by atoms with E-state index in [4.69, 9.17) is 0 Å². The standard InChI is InChI=1S/C17H26N4S2/c1-12(2)13-10-23-15(21-13)9-19-16(18-5)20-11-17(3,4)14-7-6-8-22-14/h6-8,10,12H,9,11H2,1-5H3,(H2,18,19,20). The van der Waals surface area contributed by atoms with Crippen LogP contribution in [0.2, 0.25) is 0 Å². The summed E-state index contributed by atoms with van der Waals surface area (Å²) in [6.07, 6.45) is 0. The van der Waals surface area contributed by atoms with Crippen LogP contribution in [0.15, 0.2) is 27.9 Å². The van der Waals surface area contributed by atoms with E-state index < -0.39 is 0 Å². The molecule has 2 heterocycles. The van der Waals surface area contributed by atoms with Gasteiger partial charge in [0.05, 0.1) is 12.2 Å². The third-order valence-electron chi connectivity index (χ3n) is 3.68. The molecule has 4 nitrogen and oxygen atoms in total. The summed E-state index contributed by atoms with van der Waals surface area (Å²) in [5.41, 5.74) is 1.24. The first kappa shape index (κ1) is 17.9. The zero-order valence-corrected chi connectivity index (χ0v) is 16.1. The number of rotatable bonds is 6. The van der Waals surface area contributed by atoms with Crippen molar-refractivity contribution in [2.75, 3.05) is 13.6 Å². The first-order valence-corrected chi connectivity index (χ1v) is 9.61. The molecular weight excluding hydrogens is 324 g/mol. The molecule has 2 aromatic heterocycles. The lowest BCUT2D eigenvalue weighted by atomic mass is 9.91. The van der Waals surface area contributed by atoms with Gasteiger partial charge in [-0.15, -0.1) is 22.7 Å². The van der Waals surface area contributed by atoms with Crippen molar-refractivity contribution in [3.8, 4) is 0 Å². The molecule has 0 aliphatic heterocycles. The Morgan fingerprint density at radius 1 is 1.30 bits per heavy atom. The monoisotopic (exact) mass is 350 g/mol. The normalized spacial score (nSPS) is 12.7. The van der Waals surface area contributed by atoms with Gasteiger partial charge in [0.25, 0.3) is 0 Å². The third kappa shape index (κ3) is 5.04. The molecule has 0 saturated carbocycles. The maximum Gasteiger partial charge on any atom is 0.191 e. The van der Waals surface area contributed by atoms with Crippen molar-refractivity contribution in [1.29, 1.82) is 0 Å². The fourth-order valence-corrected chi connectivity index (χ4v) is 3.85. The number of aromatic nitrogens is 1. The smallest absolute Gasteiger partial charge is 0.191 e. The molecule has 0 aliphatic rings. The molecule has 2 aromatic rings. The molecule has 0 spiro atoms. The first-order valence-electron chi connectivity index (χ1n) is 7.85. The third-order valence-corrected chi connectivity index (χ3v) is 5.78. The van der Waals surface area contributed by atoms with Crippen LogP contribution in [0.4, 0.5) is 0 Å². The lowest BCUT2D eigenvalue weighted by molar-refractivity contribution is 0.518. The van der Waals surface area contributed by atoms with E-state index >= 15 is 0 Å². The molecule has 0 atom stereocenters. The van der Waals surface area contributed by atoms with E-state index in [0.29, 0.717) is 12.5 Å². The quantitative estimate of drug-likeness (QED) is 0.612. The number of aliphatic imine (C=N–C) groups is 1. The minimum absolute atomic E-state index is 0.0811. The van der Waals surface area contributed by atoms with Crippen LogP contribution in [0, 0.1) is 0 Å². The summed E-state index contributed by atoms with van der Waals surface area (Å²) in [5.74, 6) is 1.29. The van der Waals surface area contributed by atoms with Crippen molar-refractivity contribution >= 4 is 28.6 Å². The molecule has 0 aliphatic carbocycles. The number of hydrogen-bond donors (Lipinski definition) is 2. The van der Waals surface area contributed by atoms with E-state index in [0.717, 1.165) is 23.2 Å². The molecule has 126 valence electrons. The van der Waals surface area contributed by atoms with E-state index in [1.54, 1.807) is 29.7 Å². The van der Waals surface area contributed by atoms with Gasteiger partial charge in [0, 0.05) is 29.3 Å². The van der Waals surface area contributed by atoms with Gasteiger partial charge >= 0.3 is 0 Å². The van der Waals surface area contributed by atoms with Crippen molar-refractivity contribution in [2.24, 2.45) is 4.99 Å². The van der Waals surface area contributed by atoms with Crippen LogP contribution in [0.25, 0.3) is 0 Å². The molecule has 6 heteroatoms. The Morgan fingerprint density at radius 3 is 2.65 bits per heavy atom. The number of nitrogens with one attached hydrogen (secondary N) is 2. The molecule has 0 fully saturated rings. The van der Waals surface area contributed by atoms with Crippen LogP contribution in [0.3, 0.4) is 0 Å². The summed E-state index contributed by atoms with van der Waals surface area (Å²) in [5, 5.41) is 12.1. The SMILES string of the molecule is CN=C(NCc1nc(C(C)C)cs1)NCC(C)(C)c1cccs1. The largest absolute Gasteiger partial charge is 0.356 e. The maximum atomic E-state index is 4.64. The fourth-order valence-electron chi connectivity index (χ4n) is 2.11. The van der Waals surface area contributed by atoms with Gasteiger partial charge in [0.1, 0.15) is 5.01 Å². The second kappa shape index (κ2) is 7.93. The van der Waals surface area contributed by atoms with Crippen LogP contribution in [-0.4, -0.2) is 24.5 Å². The number of guanidine groups is 1. The Bertz CT molecular complexity index is 627. The van der Waals surface area contributed by atoms with Crippen LogP contribution < -0.4 is 10.6 Å². The molecule has 0 unspecified atom stereocenters. The van der Waals surface area contributed by atoms with Crippen LogP contribution in [0.1, 0.15) is 49.2 Å². The summed E-state index contributed by atoms with van der Waals surface area (Å²) in [6, 6.07) is 4.29. The predicted octanol–water partition coefficient (Wildman–Crippen LogP) is 3.97. The van der Waals surface area contributed by atoms with Gasteiger partial charge < -0.3 is 10.6 Å². The molecule has 0 bridgehead atoms. The van der Waals surface area contributed by atoms with Gasteiger partial charge in [-0.05, 0) is 17.4 Å². The molecule has 0 radical (unpaired) electrons. The van der Waals surface area contributed by atoms with Crippen LogP contribution in [-0.2, 0) is 12.0 Å². The average molecular weight is 351 g/mol. The highest BCUT2D eigenvalue weighted by Gasteiger charge is 2.21. The van der Waals surface area contributed by atoms with E-state index in [-0.39, 0.29) is 5.41 Å². The van der Waals surface area contributed by atoms with Gasteiger partial charge in [0.2, 0.25) is 0 Å². The molecule has 2 rings (SSSR count). The zero-order valence-electron chi connectivity index (χ0n) is 14.5. The van der Waals surface area contributed by atoms with Gasteiger partial charge in [-0.1, -0.05) is 33.8 Å². The Kier molecular flexibility index (Phi) is 6.18. The van der Waals surface area contributed by atoms with Gasteiger partial charge in [-0.25, -0.2) is 4.98 Å². The highest BCUT2D eigenvalue weighted by Crippen LogP contribution is 2.26. The van der Waals surface area contributed by atoms with Gasteiger partial charge in [0.15, 0.2) is 5.96 Å². The van der Waals surface area contributed by atoms with Crippen LogP contribution in [0.5, 0.6) is 0 Å². The van der Waals surface area contributed by atoms with Crippen molar-refractivity contribution in [3.05, 3.63) is 38.5 Å². The van der Waals surface area contributed by atoms with Crippen molar-refractivity contribution < 1.29 is 0 Å². The van der Waals surface area contributed by atoms with Gasteiger partial charge in [-0.3, -0.25) is 4.99 Å². The predicted molar refractivity (Wildman–Crippen MR) is 102 cm³/mol. The second-order valence-corrected chi connectivity index (χ2v) is 8.35. The van der Waals surface area contributed by atoms with E-state index in [9.17, 15) is 0 Å². The maximum absolute atomic E-state index is 4.64. The number of thiazole rings is 1. The topological polar surface area (TPSA) is 49.3 Å². The Balaban J connectivity index is 1.86. The molecule has 0 saturated heterocycles. The number of thiophene rings is 1. The van der Waals surface area contributed by atoms with E-state index in [1.165, 1.54) is 4.88 Å². The summed E-state index contributed by atoms with van der Waals surface area (Å²) in [4.78, 5) is 10.3. The Labute approximate surface area is 147 Å². The van der Waals surface area contributed by atoms with Gasteiger partial charge in [-0.2, -0.15) is 0 Å². The second-order valence-electron chi connectivity index (χ2n) is 6.46. The molecule has 2 N–H and O–H groups in total. The first-order chi connectivity index (χ1) is 10.9. The lowest BCUT2D eigenvalue weighted by Crippen LogP contribution is -2.42. The van der Waals surface area contributed by atoms with Crippen LogP contribution >= 0.6 is 22.7 Å². The summed E-state index contributed by atoms with van der Waals surface area (Å²) in [7, 11) is 1.80. The highest BCUT2D eigenvalue weighted by atomic mass is 32.1. The average Bonchev–Trinajstić information content (AvgIpc) is 3.19. The molecule has 0 amide bonds. The van der Waals surface area contributed by atoms with Crippen molar-refractivity contribution in [1.82, 2.24) is 15.6 Å². The highest BCUT2D eigenvalue weighted by molar-refractivity contribution is 7.10. The number of hydrogen-bond acceptors (Lipinski definition) is 4. The minimum atomic E-state index is 0.0811. The summed E-state index contributed by atoms with van der Waals surface area (Å²) in [6.45, 7) is 10.4. The van der Waals surface area contributed by atoms with Crippen molar-refractivity contribution in [3.63, 3.8) is 0 Å². The zero-order chi connectivity index (χ0) is 16.9. The minimum Gasteiger partial charge on any atom is -0.356 e. The van der Waals surface area contributed by atoms with E-state index in [2.05, 4.69) is 71.2 Å². The number of nitrogens with zero attached hydrogens (tertiary/aromatic N) is 2. The van der Waals surface area contributed by atoms with Crippen molar-refractivity contribution in [2.45, 2.75) is 45.6 Å². The fraction of sp³-hybridized carbons (Fsp3) is 0.529. The molecule has 0 aromatic carbocycles. The summed E-state index contributed by atoms with van der Waals surface area (Å²) >= 11 is 3.49. The molecular formula is C17H26N4S2.